The number of para-hydroxylation sites is 1. The molecule has 0 unspecified atom stereocenters. The molecule has 1 N–H and O–H groups in total. The van der Waals surface area contributed by atoms with Crippen LogP contribution in [0.15, 0.2) is 54.7 Å². The van der Waals surface area contributed by atoms with E-state index in [0.29, 0.717) is 28.3 Å². The Labute approximate surface area is 172 Å². The second kappa shape index (κ2) is 7.26. The van der Waals surface area contributed by atoms with Crippen molar-refractivity contribution in [1.29, 1.82) is 0 Å². The van der Waals surface area contributed by atoms with Crippen molar-refractivity contribution in [3.8, 4) is 11.4 Å². The van der Waals surface area contributed by atoms with Crippen LogP contribution in [0.3, 0.4) is 0 Å². The molecule has 0 fully saturated rings. The highest BCUT2D eigenvalue weighted by molar-refractivity contribution is 6.09. The van der Waals surface area contributed by atoms with Gasteiger partial charge in [-0.1, -0.05) is 12.1 Å². The maximum absolute atomic E-state index is 14.4. The first kappa shape index (κ1) is 18.3. The summed E-state index contributed by atoms with van der Waals surface area (Å²) < 4.78 is 21.3. The number of benzene rings is 2. The Morgan fingerprint density at radius 3 is 2.83 bits per heavy atom. The predicted octanol–water partition coefficient (Wildman–Crippen LogP) is 4.31. The normalized spacial score (nSPS) is 12.7. The highest BCUT2D eigenvalue weighted by Gasteiger charge is 2.28. The smallest absolute Gasteiger partial charge is 0.276 e. The van der Waals surface area contributed by atoms with E-state index < -0.39 is 0 Å². The van der Waals surface area contributed by atoms with Crippen molar-refractivity contribution < 1.29 is 13.9 Å². The van der Waals surface area contributed by atoms with Crippen LogP contribution in [0.25, 0.3) is 16.6 Å². The van der Waals surface area contributed by atoms with Crippen LogP contribution in [0.1, 0.15) is 28.2 Å². The maximum atomic E-state index is 14.4. The third-order valence-corrected chi connectivity index (χ3v) is 5.43. The van der Waals surface area contributed by atoms with Crippen molar-refractivity contribution in [2.24, 2.45) is 0 Å². The summed E-state index contributed by atoms with van der Waals surface area (Å²) in [5, 5.41) is 8.23. The van der Waals surface area contributed by atoms with Crippen LogP contribution in [0.2, 0.25) is 0 Å². The van der Waals surface area contributed by atoms with Crippen molar-refractivity contribution in [2.45, 2.75) is 19.3 Å². The van der Waals surface area contributed by atoms with E-state index in [-0.39, 0.29) is 11.7 Å². The number of carbonyl (C=O) groups excluding carboxylic acids is 1. The number of anilines is 1. The lowest BCUT2D eigenvalue weighted by Crippen LogP contribution is -2.15. The summed E-state index contributed by atoms with van der Waals surface area (Å²) in [6.07, 6.45) is 4.10. The Morgan fingerprint density at radius 2 is 2.00 bits per heavy atom. The average molecular weight is 402 g/mol. The van der Waals surface area contributed by atoms with Gasteiger partial charge in [0.15, 0.2) is 5.69 Å². The van der Waals surface area contributed by atoms with Crippen LogP contribution in [0.4, 0.5) is 10.1 Å². The van der Waals surface area contributed by atoms with Gasteiger partial charge in [-0.3, -0.25) is 9.78 Å². The summed E-state index contributed by atoms with van der Waals surface area (Å²) in [7, 11) is 1.58. The summed E-state index contributed by atoms with van der Waals surface area (Å²) >= 11 is 0. The summed E-state index contributed by atoms with van der Waals surface area (Å²) in [6.45, 7) is 0. The molecule has 150 valence electrons. The zero-order chi connectivity index (χ0) is 20.7. The molecular formula is C23H19FN4O2. The van der Waals surface area contributed by atoms with Crippen molar-refractivity contribution in [3.63, 3.8) is 0 Å². The van der Waals surface area contributed by atoms with Crippen molar-refractivity contribution >= 4 is 22.5 Å². The number of hydrogen-bond acceptors (Lipinski definition) is 4. The molecule has 6 nitrogen and oxygen atoms in total. The van der Waals surface area contributed by atoms with E-state index in [4.69, 9.17) is 4.74 Å². The largest absolute Gasteiger partial charge is 0.494 e. The molecule has 1 aliphatic carbocycles. The first-order valence-corrected chi connectivity index (χ1v) is 9.76. The maximum Gasteiger partial charge on any atom is 0.276 e. The molecule has 0 bridgehead atoms. The Hall–Kier alpha value is -3.74. The number of fused-ring (bicyclic) bond motifs is 2. The molecule has 1 amide bonds. The van der Waals surface area contributed by atoms with Crippen LogP contribution in [0, 0.1) is 5.82 Å². The van der Waals surface area contributed by atoms with Crippen LogP contribution in [-0.2, 0) is 12.8 Å². The van der Waals surface area contributed by atoms with Crippen LogP contribution in [0.5, 0.6) is 5.75 Å². The summed E-state index contributed by atoms with van der Waals surface area (Å²) in [4.78, 5) is 17.5. The van der Waals surface area contributed by atoms with Gasteiger partial charge in [0.05, 0.1) is 12.8 Å². The lowest BCUT2D eigenvalue weighted by Gasteiger charge is -2.10. The number of aromatic nitrogens is 3. The molecule has 0 radical (unpaired) electrons. The molecule has 2 heterocycles. The summed E-state index contributed by atoms with van der Waals surface area (Å²) in [5.41, 5.74) is 3.75. The Morgan fingerprint density at radius 1 is 1.13 bits per heavy atom. The zero-order valence-electron chi connectivity index (χ0n) is 16.4. The van der Waals surface area contributed by atoms with Crippen molar-refractivity contribution in [1.82, 2.24) is 14.8 Å². The quantitative estimate of drug-likeness (QED) is 0.552. The highest BCUT2D eigenvalue weighted by atomic mass is 19.1. The number of rotatable bonds is 4. The molecule has 0 aliphatic heterocycles. The van der Waals surface area contributed by atoms with E-state index in [1.54, 1.807) is 48.3 Å². The van der Waals surface area contributed by atoms with Gasteiger partial charge in [0.1, 0.15) is 22.8 Å². The molecule has 5 rings (SSSR count). The number of ether oxygens (including phenoxy) is 1. The minimum atomic E-state index is -0.367. The fourth-order valence-corrected chi connectivity index (χ4v) is 4.04. The second-order valence-corrected chi connectivity index (χ2v) is 7.16. The molecular weight excluding hydrogens is 383 g/mol. The molecule has 1 aliphatic rings. The van der Waals surface area contributed by atoms with Crippen LogP contribution >= 0.6 is 0 Å². The van der Waals surface area contributed by atoms with Gasteiger partial charge in [-0.25, -0.2) is 9.07 Å². The third kappa shape index (κ3) is 2.90. The number of halogens is 1. The Bertz CT molecular complexity index is 1280. The van der Waals surface area contributed by atoms with Gasteiger partial charge in [0.2, 0.25) is 0 Å². The molecule has 0 saturated heterocycles. The minimum Gasteiger partial charge on any atom is -0.494 e. The van der Waals surface area contributed by atoms with Gasteiger partial charge < -0.3 is 10.1 Å². The first-order chi connectivity index (χ1) is 14.7. The lowest BCUT2D eigenvalue weighted by molar-refractivity contribution is 0.102. The number of hydrogen-bond donors (Lipinski definition) is 1. The topological polar surface area (TPSA) is 69.0 Å². The van der Waals surface area contributed by atoms with Gasteiger partial charge in [0.25, 0.3) is 5.91 Å². The van der Waals surface area contributed by atoms with Crippen LogP contribution < -0.4 is 10.1 Å². The van der Waals surface area contributed by atoms with E-state index in [2.05, 4.69) is 15.4 Å². The van der Waals surface area contributed by atoms with Crippen molar-refractivity contribution in [3.05, 3.63) is 77.5 Å². The predicted molar refractivity (Wildman–Crippen MR) is 112 cm³/mol. The van der Waals surface area contributed by atoms with E-state index in [1.807, 2.05) is 12.1 Å². The molecule has 7 heteroatoms. The molecule has 0 atom stereocenters. The minimum absolute atomic E-state index is 0.321. The van der Waals surface area contributed by atoms with Gasteiger partial charge in [-0.2, -0.15) is 5.10 Å². The number of carbonyl (C=O) groups is 1. The fraction of sp³-hybridized carbons (Fsp3) is 0.174. The monoisotopic (exact) mass is 402 g/mol. The molecule has 2 aromatic heterocycles. The fourth-order valence-electron chi connectivity index (χ4n) is 4.04. The number of amides is 1. The summed E-state index contributed by atoms with van der Waals surface area (Å²) in [5.74, 6) is -0.0549. The average Bonchev–Trinajstić information content (AvgIpc) is 3.37. The number of nitrogens with zero attached hydrogens (tertiary/aromatic N) is 3. The third-order valence-electron chi connectivity index (χ3n) is 5.43. The second-order valence-electron chi connectivity index (χ2n) is 7.16. The first-order valence-electron chi connectivity index (χ1n) is 9.76. The molecule has 4 aromatic rings. The Kier molecular flexibility index (Phi) is 4.43. The van der Waals surface area contributed by atoms with Crippen molar-refractivity contribution in [2.75, 3.05) is 12.4 Å². The molecule has 0 saturated carbocycles. The molecule has 2 aromatic carbocycles. The van der Waals surface area contributed by atoms with Gasteiger partial charge >= 0.3 is 0 Å². The van der Waals surface area contributed by atoms with E-state index in [0.717, 1.165) is 35.9 Å². The van der Waals surface area contributed by atoms with Gasteiger partial charge in [-0.05, 0) is 55.7 Å². The molecule has 30 heavy (non-hydrogen) atoms. The SMILES string of the molecule is COc1ccc(NC(=O)c2nn(-c3ccccc3F)c3c2CCC3)c2cccnc12. The standard InChI is InChI=1S/C23H19FN4O2/c1-30-20-12-11-17(14-7-5-13-25-21(14)20)26-23(29)22-15-6-4-10-18(15)28(27-22)19-9-3-2-8-16(19)24/h2-3,5,7-9,11-13H,4,6,10H2,1H3,(H,26,29). The van der Waals surface area contributed by atoms with E-state index in [1.165, 1.54) is 6.07 Å². The summed E-state index contributed by atoms with van der Waals surface area (Å²) in [6, 6.07) is 13.7. The van der Waals surface area contributed by atoms with Crippen LogP contribution in [-0.4, -0.2) is 27.8 Å². The number of pyridine rings is 1. The van der Waals surface area contributed by atoms with Gasteiger partial charge in [-0.15, -0.1) is 0 Å². The Balaban J connectivity index is 1.55. The van der Waals surface area contributed by atoms with E-state index in [9.17, 15) is 9.18 Å². The van der Waals surface area contributed by atoms with Gasteiger partial charge in [0, 0.05) is 22.8 Å². The zero-order valence-corrected chi connectivity index (χ0v) is 16.4. The number of methoxy groups -OCH3 is 1. The van der Waals surface area contributed by atoms with E-state index >= 15 is 0 Å². The number of nitrogens with one attached hydrogen (secondary N) is 1. The molecule has 0 spiro atoms. The lowest BCUT2D eigenvalue weighted by atomic mass is 10.1. The highest BCUT2D eigenvalue weighted by Crippen LogP contribution is 2.32.